The Kier molecular flexibility index (Phi) is 8.94. The molecular weight excluding hydrogens is 663 g/mol. The summed E-state index contributed by atoms with van der Waals surface area (Å²) in [5, 5.41) is 21.0. The van der Waals surface area contributed by atoms with Gasteiger partial charge in [0.15, 0.2) is 15.6 Å². The monoisotopic (exact) mass is 677 g/mol. The Morgan fingerprint density at radius 1 is 0.905 bits per heavy atom. The standard InChI is InChI=1S/C21H16Cl2N6O10S3/c22-19-25-20(23)27-21(26-19)24-13-3-6-15-11(9-13)10-16(41(33,34)35)17(18(15)30)29-28-12-1-4-14(5-2-12)40(31,32)8-7-39-42(36,37)38/h1-6,9-10,30H,7-8H2,(H,33,34,35)(H,36,37,38)(H,24,25,26,27)/p-1. The summed E-state index contributed by atoms with van der Waals surface area (Å²) in [4.78, 5) is 10.2. The molecule has 0 aliphatic heterocycles. The van der Waals surface area contributed by atoms with E-state index in [0.29, 0.717) is 5.69 Å². The maximum Gasteiger partial charge on any atom is 0.397 e. The van der Waals surface area contributed by atoms with Gasteiger partial charge in [-0.05, 0) is 77.1 Å². The van der Waals surface area contributed by atoms with Crippen molar-refractivity contribution in [3.05, 3.63) is 59.1 Å². The molecule has 21 heteroatoms. The van der Waals surface area contributed by atoms with E-state index in [-0.39, 0.29) is 37.9 Å². The van der Waals surface area contributed by atoms with Crippen LogP contribution in [-0.4, -0.2) is 66.8 Å². The number of aromatic hydroxyl groups is 1. The molecule has 4 rings (SSSR count). The molecule has 3 N–H and O–H groups in total. The van der Waals surface area contributed by atoms with E-state index < -0.39 is 59.0 Å². The lowest BCUT2D eigenvalue weighted by Gasteiger charge is -2.14. The van der Waals surface area contributed by atoms with Crippen molar-refractivity contribution >= 4 is 87.3 Å². The summed E-state index contributed by atoms with van der Waals surface area (Å²) in [6.07, 6.45) is 0. The van der Waals surface area contributed by atoms with Crippen molar-refractivity contribution in [2.75, 3.05) is 17.7 Å². The van der Waals surface area contributed by atoms with Crippen LogP contribution in [0.4, 0.5) is 23.0 Å². The number of hydrogen-bond acceptors (Lipinski definition) is 15. The van der Waals surface area contributed by atoms with E-state index in [4.69, 9.17) is 27.8 Å². The minimum atomic E-state index is -5.18. The lowest BCUT2D eigenvalue weighted by atomic mass is 10.1. The van der Waals surface area contributed by atoms with E-state index in [2.05, 4.69) is 34.7 Å². The minimum absolute atomic E-state index is 0.00565. The van der Waals surface area contributed by atoms with Gasteiger partial charge in [0.05, 0.1) is 27.8 Å². The van der Waals surface area contributed by atoms with E-state index >= 15 is 0 Å². The van der Waals surface area contributed by atoms with Gasteiger partial charge in [-0.2, -0.15) is 28.5 Å². The van der Waals surface area contributed by atoms with Crippen LogP contribution in [0.15, 0.2) is 68.6 Å². The fourth-order valence-electron chi connectivity index (χ4n) is 3.42. The fraction of sp³-hybridized carbons (Fsp3) is 0.0952. The minimum Gasteiger partial charge on any atom is -0.744 e. The lowest BCUT2D eigenvalue weighted by molar-refractivity contribution is 0.284. The first kappa shape index (κ1) is 31.4. The first-order valence-corrected chi connectivity index (χ1v) is 16.2. The lowest BCUT2D eigenvalue weighted by Crippen LogP contribution is -2.15. The predicted molar refractivity (Wildman–Crippen MR) is 147 cm³/mol. The number of hydrogen-bond donors (Lipinski definition) is 3. The van der Waals surface area contributed by atoms with Gasteiger partial charge in [-0.25, -0.2) is 21.0 Å². The van der Waals surface area contributed by atoms with E-state index in [0.717, 1.165) is 18.2 Å². The Hall–Kier alpha value is -3.56. The molecule has 1 heterocycles. The maximum atomic E-state index is 12.3. The quantitative estimate of drug-likeness (QED) is 0.160. The second-order valence-electron chi connectivity index (χ2n) is 8.05. The van der Waals surface area contributed by atoms with Gasteiger partial charge in [0.25, 0.3) is 0 Å². The van der Waals surface area contributed by atoms with Gasteiger partial charge in [-0.1, -0.05) is 0 Å². The molecule has 0 amide bonds. The first-order chi connectivity index (χ1) is 19.5. The van der Waals surface area contributed by atoms with E-state index in [1.54, 1.807) is 0 Å². The zero-order valence-electron chi connectivity index (χ0n) is 20.4. The summed E-state index contributed by atoms with van der Waals surface area (Å²) in [6.45, 7) is -0.825. The van der Waals surface area contributed by atoms with Crippen molar-refractivity contribution in [3.63, 3.8) is 0 Å². The van der Waals surface area contributed by atoms with Crippen LogP contribution in [0, 0.1) is 0 Å². The number of sulfone groups is 1. The summed E-state index contributed by atoms with van der Waals surface area (Å²) in [7, 11) is -14.0. The summed E-state index contributed by atoms with van der Waals surface area (Å²) >= 11 is 11.5. The Balaban J connectivity index is 1.64. The van der Waals surface area contributed by atoms with Gasteiger partial charge in [-0.3, -0.25) is 4.55 Å². The molecule has 0 radical (unpaired) electrons. The molecule has 42 heavy (non-hydrogen) atoms. The number of fused-ring (bicyclic) bond motifs is 1. The smallest absolute Gasteiger partial charge is 0.397 e. The highest BCUT2D eigenvalue weighted by atomic mass is 35.5. The zero-order chi connectivity index (χ0) is 30.9. The number of anilines is 2. The van der Waals surface area contributed by atoms with Crippen molar-refractivity contribution < 1.29 is 43.6 Å². The molecule has 0 bridgehead atoms. The second-order valence-corrected chi connectivity index (χ2v) is 13.3. The number of phenols is 1. The number of nitrogens with one attached hydrogen (secondary N) is 1. The number of rotatable bonds is 10. The first-order valence-electron chi connectivity index (χ1n) is 11.0. The zero-order valence-corrected chi connectivity index (χ0v) is 24.4. The highest BCUT2D eigenvalue weighted by molar-refractivity contribution is 7.91. The van der Waals surface area contributed by atoms with Crippen molar-refractivity contribution in [3.8, 4) is 5.75 Å². The average molecular weight is 678 g/mol. The molecule has 0 atom stereocenters. The van der Waals surface area contributed by atoms with Gasteiger partial charge < -0.3 is 15.0 Å². The van der Waals surface area contributed by atoms with Crippen molar-refractivity contribution in [2.45, 2.75) is 9.79 Å². The Bertz CT molecular complexity index is 2020. The molecule has 0 saturated heterocycles. The Morgan fingerprint density at radius 2 is 1.55 bits per heavy atom. The van der Waals surface area contributed by atoms with Gasteiger partial charge in [-0.15, -0.1) is 5.11 Å². The summed E-state index contributed by atoms with van der Waals surface area (Å²) in [5.41, 5.74) is -0.345. The van der Waals surface area contributed by atoms with Crippen molar-refractivity contribution in [2.24, 2.45) is 10.2 Å². The number of aromatic nitrogens is 3. The molecule has 16 nitrogen and oxygen atoms in total. The molecule has 0 unspecified atom stereocenters. The van der Waals surface area contributed by atoms with Gasteiger partial charge >= 0.3 is 10.4 Å². The highest BCUT2D eigenvalue weighted by Crippen LogP contribution is 2.42. The van der Waals surface area contributed by atoms with Crippen LogP contribution in [0.1, 0.15) is 0 Å². The average Bonchev–Trinajstić information content (AvgIpc) is 2.86. The molecule has 0 aliphatic carbocycles. The molecule has 1 aromatic heterocycles. The van der Waals surface area contributed by atoms with Crippen LogP contribution in [0.25, 0.3) is 10.8 Å². The third-order valence-electron chi connectivity index (χ3n) is 5.20. The van der Waals surface area contributed by atoms with Crippen LogP contribution < -0.4 is 5.32 Å². The molecule has 4 aromatic rings. The van der Waals surface area contributed by atoms with Crippen LogP contribution in [0.2, 0.25) is 10.6 Å². The number of benzene rings is 3. The SMILES string of the molecule is O=S(=O)(O)OCCS(=O)(=O)c1ccc(N=Nc2c(S(=O)(=O)[O-])cc3cc(Nc4nc(Cl)nc(Cl)n4)ccc3c2O)cc1. The third kappa shape index (κ3) is 7.83. The van der Waals surface area contributed by atoms with Crippen LogP contribution >= 0.6 is 23.2 Å². The van der Waals surface area contributed by atoms with E-state index in [9.17, 15) is 34.9 Å². The molecular formula is C21H15Cl2N6O10S3-. The number of halogens is 2. The molecule has 0 aliphatic rings. The number of nitrogens with zero attached hydrogens (tertiary/aromatic N) is 5. The topological polar surface area (TPSA) is 251 Å². The normalized spacial score (nSPS) is 12.7. The van der Waals surface area contributed by atoms with Crippen molar-refractivity contribution in [1.82, 2.24) is 15.0 Å². The van der Waals surface area contributed by atoms with Crippen LogP contribution in [0.5, 0.6) is 5.75 Å². The van der Waals surface area contributed by atoms with Crippen LogP contribution in [-0.2, 0) is 34.5 Å². The molecule has 222 valence electrons. The third-order valence-corrected chi connectivity index (χ3v) is 8.55. The number of azo groups is 1. The Labute approximate surface area is 247 Å². The Morgan fingerprint density at radius 3 is 2.14 bits per heavy atom. The van der Waals surface area contributed by atoms with Gasteiger partial charge in [0, 0.05) is 11.1 Å². The fourth-order valence-corrected chi connectivity index (χ4v) is 5.92. The van der Waals surface area contributed by atoms with Crippen molar-refractivity contribution in [1.29, 1.82) is 0 Å². The van der Waals surface area contributed by atoms with Gasteiger partial charge in [0.1, 0.15) is 15.8 Å². The summed E-state index contributed by atoms with van der Waals surface area (Å²) < 4.78 is 94.5. The number of phenolic OH excluding ortho intramolecular Hbond substituents is 1. The summed E-state index contributed by atoms with van der Waals surface area (Å²) in [5.74, 6) is -1.48. The summed E-state index contributed by atoms with van der Waals surface area (Å²) in [6, 6.07) is 9.80. The highest BCUT2D eigenvalue weighted by Gasteiger charge is 2.19. The predicted octanol–water partition coefficient (Wildman–Crippen LogP) is 3.69. The van der Waals surface area contributed by atoms with Gasteiger partial charge in [0.2, 0.25) is 16.5 Å². The second kappa shape index (κ2) is 12.0. The van der Waals surface area contributed by atoms with E-state index in [1.807, 2.05) is 0 Å². The molecule has 0 spiro atoms. The van der Waals surface area contributed by atoms with Crippen LogP contribution in [0.3, 0.4) is 0 Å². The maximum absolute atomic E-state index is 12.3. The molecule has 0 saturated carbocycles. The largest absolute Gasteiger partial charge is 0.744 e. The molecule has 0 fully saturated rings. The molecule has 3 aromatic carbocycles. The van der Waals surface area contributed by atoms with E-state index in [1.165, 1.54) is 30.3 Å².